The fourth-order valence-electron chi connectivity index (χ4n) is 1.27. The number of ether oxygens (including phenoxy) is 1. The Morgan fingerprint density at radius 3 is 3.00 bits per heavy atom. The minimum Gasteiger partial charge on any atom is -0.438 e. The monoisotopic (exact) mass is 237 g/mol. The molecule has 2 rings (SSSR count). The molecule has 0 bridgehead atoms. The van der Waals surface area contributed by atoms with E-state index in [1.807, 2.05) is 6.07 Å². The van der Waals surface area contributed by atoms with Crippen LogP contribution in [-0.2, 0) is 4.74 Å². The van der Waals surface area contributed by atoms with Crippen molar-refractivity contribution in [1.82, 2.24) is 0 Å². The van der Waals surface area contributed by atoms with Crippen molar-refractivity contribution >= 4 is 21.9 Å². The summed E-state index contributed by atoms with van der Waals surface area (Å²) in [5.41, 5.74) is 1.12. The molecule has 3 nitrogen and oxygen atoms in total. The van der Waals surface area contributed by atoms with E-state index >= 15 is 0 Å². The Balaban J connectivity index is 2.61. The number of halogens is 1. The summed E-state index contributed by atoms with van der Waals surface area (Å²) in [6, 6.07) is 7.05. The van der Waals surface area contributed by atoms with Crippen LogP contribution in [0.2, 0.25) is 0 Å². The van der Waals surface area contributed by atoms with E-state index in [0.29, 0.717) is 11.1 Å². The third-order valence-electron chi connectivity index (χ3n) is 1.86. The van der Waals surface area contributed by atoms with Crippen LogP contribution in [0, 0.1) is 11.3 Å². The highest BCUT2D eigenvalue weighted by molar-refractivity contribution is 9.10. The second kappa shape index (κ2) is 2.86. The molecule has 1 heterocycles. The number of nitrogens with zero attached hydrogens (tertiary/aromatic N) is 1. The lowest BCUT2D eigenvalue weighted by Crippen LogP contribution is -1.95. The van der Waals surface area contributed by atoms with Crippen molar-refractivity contribution in [1.29, 1.82) is 5.26 Å². The van der Waals surface area contributed by atoms with Gasteiger partial charge in [-0.3, -0.25) is 0 Å². The predicted molar refractivity (Wildman–Crippen MR) is 47.9 cm³/mol. The highest BCUT2D eigenvalue weighted by atomic mass is 79.9. The van der Waals surface area contributed by atoms with Gasteiger partial charge in [-0.1, -0.05) is 15.9 Å². The summed E-state index contributed by atoms with van der Waals surface area (Å²) in [4.78, 5) is 11.2. The van der Waals surface area contributed by atoms with E-state index in [9.17, 15) is 4.79 Å². The Labute approximate surface area is 83.1 Å². The molecule has 0 fully saturated rings. The number of rotatable bonds is 0. The molecule has 1 atom stereocenters. The molecular weight excluding hydrogens is 234 g/mol. The Bertz CT molecular complexity index is 422. The molecule has 4 heteroatoms. The Morgan fingerprint density at radius 1 is 1.54 bits per heavy atom. The first-order valence-electron chi connectivity index (χ1n) is 3.62. The first-order valence-corrected chi connectivity index (χ1v) is 4.41. The lowest BCUT2D eigenvalue weighted by atomic mass is 10.1. The summed E-state index contributed by atoms with van der Waals surface area (Å²) in [5, 5.41) is 8.68. The number of benzene rings is 1. The maximum Gasteiger partial charge on any atom is 0.340 e. The highest BCUT2D eigenvalue weighted by Crippen LogP contribution is 2.31. The van der Waals surface area contributed by atoms with Crippen LogP contribution in [0.25, 0.3) is 0 Å². The van der Waals surface area contributed by atoms with E-state index in [1.54, 1.807) is 18.2 Å². The smallest absolute Gasteiger partial charge is 0.340 e. The van der Waals surface area contributed by atoms with Crippen LogP contribution < -0.4 is 0 Å². The molecule has 0 saturated carbocycles. The van der Waals surface area contributed by atoms with Gasteiger partial charge in [0.1, 0.15) is 6.07 Å². The van der Waals surface area contributed by atoms with Crippen molar-refractivity contribution in [3.63, 3.8) is 0 Å². The summed E-state index contributed by atoms with van der Waals surface area (Å²) in [7, 11) is 0. The zero-order chi connectivity index (χ0) is 9.42. The SMILES string of the molecule is N#CC1OC(=O)c2ccc(Br)cc21. The first kappa shape index (κ1) is 8.27. The molecule has 0 aliphatic carbocycles. The van der Waals surface area contributed by atoms with Crippen LogP contribution in [0.5, 0.6) is 0 Å². The molecule has 0 aromatic heterocycles. The van der Waals surface area contributed by atoms with Gasteiger partial charge < -0.3 is 4.74 Å². The molecule has 1 aromatic carbocycles. The lowest BCUT2D eigenvalue weighted by Gasteiger charge is -1.98. The molecule has 64 valence electrons. The average molecular weight is 238 g/mol. The van der Waals surface area contributed by atoms with Gasteiger partial charge in [-0.05, 0) is 18.2 Å². The average Bonchev–Trinajstić information content (AvgIpc) is 2.42. The number of carbonyl (C=O) groups excluding carboxylic acids is 1. The molecule has 0 amide bonds. The second-order valence-electron chi connectivity index (χ2n) is 2.65. The second-order valence-corrected chi connectivity index (χ2v) is 3.56. The molecule has 0 radical (unpaired) electrons. The minimum absolute atomic E-state index is 0.422. The number of esters is 1. The van der Waals surface area contributed by atoms with E-state index in [-0.39, 0.29) is 0 Å². The van der Waals surface area contributed by atoms with Gasteiger partial charge in [0.15, 0.2) is 0 Å². The molecule has 1 unspecified atom stereocenters. The van der Waals surface area contributed by atoms with Gasteiger partial charge in [0.25, 0.3) is 0 Å². The van der Waals surface area contributed by atoms with E-state index < -0.39 is 12.1 Å². The van der Waals surface area contributed by atoms with Gasteiger partial charge in [0, 0.05) is 10.0 Å². The van der Waals surface area contributed by atoms with E-state index in [4.69, 9.17) is 10.00 Å². The van der Waals surface area contributed by atoms with E-state index in [2.05, 4.69) is 15.9 Å². The molecule has 0 spiro atoms. The van der Waals surface area contributed by atoms with Gasteiger partial charge in [-0.15, -0.1) is 0 Å². The summed E-state index contributed by atoms with van der Waals surface area (Å²) in [6.45, 7) is 0. The van der Waals surface area contributed by atoms with Crippen LogP contribution in [0.1, 0.15) is 22.0 Å². The van der Waals surface area contributed by atoms with E-state index in [1.165, 1.54) is 0 Å². The zero-order valence-corrected chi connectivity index (χ0v) is 8.04. The number of cyclic esters (lactones) is 1. The zero-order valence-electron chi connectivity index (χ0n) is 6.45. The quantitative estimate of drug-likeness (QED) is 0.651. The van der Waals surface area contributed by atoms with Gasteiger partial charge in [0.2, 0.25) is 6.10 Å². The largest absolute Gasteiger partial charge is 0.438 e. The van der Waals surface area contributed by atoms with Gasteiger partial charge in [0.05, 0.1) is 5.56 Å². The predicted octanol–water partition coefficient (Wildman–Crippen LogP) is 2.18. The van der Waals surface area contributed by atoms with Crippen molar-refractivity contribution in [3.8, 4) is 6.07 Å². The number of nitriles is 1. The Kier molecular flexibility index (Phi) is 1.82. The number of fused-ring (bicyclic) bond motifs is 1. The van der Waals surface area contributed by atoms with Crippen molar-refractivity contribution in [3.05, 3.63) is 33.8 Å². The van der Waals surface area contributed by atoms with Crippen LogP contribution >= 0.6 is 15.9 Å². The molecule has 1 aliphatic heterocycles. The molecule has 0 N–H and O–H groups in total. The van der Waals surface area contributed by atoms with Gasteiger partial charge >= 0.3 is 5.97 Å². The van der Waals surface area contributed by atoms with Crippen LogP contribution in [-0.4, -0.2) is 5.97 Å². The summed E-state index contributed by atoms with van der Waals surface area (Å²) < 4.78 is 5.65. The highest BCUT2D eigenvalue weighted by Gasteiger charge is 2.30. The van der Waals surface area contributed by atoms with Gasteiger partial charge in [-0.2, -0.15) is 5.26 Å². The number of hydrogen-bond donors (Lipinski definition) is 0. The molecule has 1 aliphatic rings. The van der Waals surface area contributed by atoms with Crippen molar-refractivity contribution < 1.29 is 9.53 Å². The fraction of sp³-hybridized carbons (Fsp3) is 0.111. The minimum atomic E-state index is -0.750. The molecule has 13 heavy (non-hydrogen) atoms. The number of carbonyl (C=O) groups is 1. The van der Waals surface area contributed by atoms with E-state index in [0.717, 1.165) is 4.47 Å². The lowest BCUT2D eigenvalue weighted by molar-refractivity contribution is 0.0478. The number of hydrogen-bond acceptors (Lipinski definition) is 3. The maximum absolute atomic E-state index is 11.2. The van der Waals surface area contributed by atoms with Crippen molar-refractivity contribution in [2.75, 3.05) is 0 Å². The molecule has 1 aromatic rings. The summed E-state index contributed by atoms with van der Waals surface area (Å²) >= 11 is 3.27. The third-order valence-corrected chi connectivity index (χ3v) is 2.35. The fourth-order valence-corrected chi connectivity index (χ4v) is 1.65. The van der Waals surface area contributed by atoms with Crippen LogP contribution in [0.4, 0.5) is 0 Å². The topological polar surface area (TPSA) is 50.1 Å². The maximum atomic E-state index is 11.2. The molecular formula is C9H4BrNO2. The normalized spacial score (nSPS) is 19.1. The summed E-state index contributed by atoms with van der Waals surface area (Å²) in [6.07, 6.45) is -0.750. The Hall–Kier alpha value is -1.34. The molecule has 0 saturated heterocycles. The van der Waals surface area contributed by atoms with Crippen molar-refractivity contribution in [2.45, 2.75) is 6.10 Å². The standard InChI is InChI=1S/C9H4BrNO2/c10-5-1-2-6-7(3-5)8(4-11)13-9(6)12/h1-3,8H. The van der Waals surface area contributed by atoms with Crippen LogP contribution in [0.3, 0.4) is 0 Å². The first-order chi connectivity index (χ1) is 6.22. The Morgan fingerprint density at radius 2 is 2.31 bits per heavy atom. The third kappa shape index (κ3) is 1.21. The summed E-state index contributed by atoms with van der Waals surface area (Å²) in [5.74, 6) is -0.422. The van der Waals surface area contributed by atoms with Gasteiger partial charge in [-0.25, -0.2) is 4.79 Å². The van der Waals surface area contributed by atoms with Crippen molar-refractivity contribution in [2.24, 2.45) is 0 Å². The van der Waals surface area contributed by atoms with Crippen LogP contribution in [0.15, 0.2) is 22.7 Å².